The number of aromatic nitrogens is 3. The van der Waals surface area contributed by atoms with E-state index < -0.39 is 0 Å². The van der Waals surface area contributed by atoms with E-state index in [1.54, 1.807) is 28.8 Å². The van der Waals surface area contributed by atoms with Crippen molar-refractivity contribution in [3.8, 4) is 11.4 Å². The maximum Gasteiger partial charge on any atom is 0.350 e. The van der Waals surface area contributed by atoms with Crippen molar-refractivity contribution in [1.29, 1.82) is 0 Å². The summed E-state index contributed by atoms with van der Waals surface area (Å²) < 4.78 is 8.83. The normalized spacial score (nSPS) is 11.0. The lowest BCUT2D eigenvalue weighted by Gasteiger charge is -2.08. The summed E-state index contributed by atoms with van der Waals surface area (Å²) in [6.07, 6.45) is 0. The quantitative estimate of drug-likeness (QED) is 0.521. The number of ether oxygens (including phenoxy) is 1. The van der Waals surface area contributed by atoms with E-state index in [2.05, 4.69) is 11.2 Å². The van der Waals surface area contributed by atoms with Gasteiger partial charge in [-0.3, -0.25) is 4.57 Å². The molecule has 1 aromatic heterocycles. The molecule has 5 nitrogen and oxygen atoms in total. The van der Waals surface area contributed by atoms with Gasteiger partial charge < -0.3 is 4.74 Å². The molecule has 136 valence electrons. The van der Waals surface area contributed by atoms with Crippen molar-refractivity contribution in [3.05, 3.63) is 88.1 Å². The van der Waals surface area contributed by atoms with Gasteiger partial charge in [0.15, 0.2) is 0 Å². The summed E-state index contributed by atoms with van der Waals surface area (Å²) in [5.41, 5.74) is 0.485. The van der Waals surface area contributed by atoms with E-state index in [1.807, 2.05) is 43.3 Å². The average Bonchev–Trinajstić information content (AvgIpc) is 2.97. The lowest BCUT2D eigenvalue weighted by Crippen LogP contribution is -2.26. The van der Waals surface area contributed by atoms with Gasteiger partial charge in [0.25, 0.3) is 0 Å². The molecule has 3 aromatic carbocycles. The number of fused-ring (bicyclic) bond motifs is 1. The van der Waals surface area contributed by atoms with Crippen LogP contribution in [0.25, 0.3) is 16.5 Å². The van der Waals surface area contributed by atoms with Gasteiger partial charge in [-0.15, -0.1) is 0 Å². The Morgan fingerprint density at radius 1 is 1.00 bits per heavy atom. The molecule has 27 heavy (non-hydrogen) atoms. The van der Waals surface area contributed by atoms with Crippen molar-refractivity contribution in [2.75, 3.05) is 6.61 Å². The summed E-state index contributed by atoms with van der Waals surface area (Å²) in [7, 11) is 0. The fourth-order valence-corrected chi connectivity index (χ4v) is 3.14. The van der Waals surface area contributed by atoms with Crippen LogP contribution < -0.4 is 10.4 Å². The maximum absolute atomic E-state index is 12.7. The van der Waals surface area contributed by atoms with E-state index in [1.165, 1.54) is 10.1 Å². The van der Waals surface area contributed by atoms with Gasteiger partial charge in [0.05, 0.1) is 12.2 Å². The Balaban J connectivity index is 1.49. The van der Waals surface area contributed by atoms with Crippen molar-refractivity contribution in [2.24, 2.45) is 0 Å². The summed E-state index contributed by atoms with van der Waals surface area (Å²) in [6.45, 7) is 2.61. The number of halogens is 1. The summed E-state index contributed by atoms with van der Waals surface area (Å²) >= 11 is 5.91. The van der Waals surface area contributed by atoms with Crippen LogP contribution in [0.5, 0.6) is 5.75 Å². The first kappa shape index (κ1) is 17.4. The third-order valence-corrected chi connectivity index (χ3v) is 4.68. The topological polar surface area (TPSA) is 49.0 Å². The minimum atomic E-state index is -0.197. The molecule has 0 spiro atoms. The zero-order valence-corrected chi connectivity index (χ0v) is 15.6. The molecule has 0 N–H and O–H groups in total. The van der Waals surface area contributed by atoms with Crippen molar-refractivity contribution in [1.82, 2.24) is 14.3 Å². The van der Waals surface area contributed by atoms with Crippen molar-refractivity contribution in [2.45, 2.75) is 13.5 Å². The third-order valence-electron chi connectivity index (χ3n) is 4.42. The Labute approximate surface area is 161 Å². The van der Waals surface area contributed by atoms with Crippen LogP contribution in [0.15, 0.2) is 71.5 Å². The average molecular weight is 380 g/mol. The molecule has 0 aliphatic rings. The molecule has 6 heteroatoms. The van der Waals surface area contributed by atoms with Crippen LogP contribution in [0, 0.1) is 6.92 Å². The highest BCUT2D eigenvalue weighted by atomic mass is 35.5. The second kappa shape index (κ2) is 7.29. The number of nitrogens with zero attached hydrogens (tertiary/aromatic N) is 3. The second-order valence-electron chi connectivity index (χ2n) is 6.23. The van der Waals surface area contributed by atoms with E-state index in [-0.39, 0.29) is 5.69 Å². The molecule has 0 unspecified atom stereocenters. The van der Waals surface area contributed by atoms with Crippen molar-refractivity contribution < 1.29 is 4.74 Å². The van der Waals surface area contributed by atoms with Gasteiger partial charge in [-0.25, -0.2) is 4.79 Å². The number of hydrogen-bond donors (Lipinski definition) is 0. The molecule has 0 saturated heterocycles. The van der Waals surface area contributed by atoms with Crippen LogP contribution in [-0.4, -0.2) is 21.0 Å². The maximum atomic E-state index is 12.7. The Morgan fingerprint density at radius 3 is 2.52 bits per heavy atom. The minimum absolute atomic E-state index is 0.197. The molecular weight excluding hydrogens is 362 g/mol. The summed E-state index contributed by atoms with van der Waals surface area (Å²) in [6, 6.07) is 21.1. The first-order chi connectivity index (χ1) is 13.1. The van der Waals surface area contributed by atoms with Crippen molar-refractivity contribution in [3.63, 3.8) is 0 Å². The Kier molecular flexibility index (Phi) is 4.69. The summed E-state index contributed by atoms with van der Waals surface area (Å²) in [4.78, 5) is 12.7. The van der Waals surface area contributed by atoms with Gasteiger partial charge in [-0.1, -0.05) is 41.9 Å². The molecule has 4 aromatic rings. The Bertz CT molecular complexity index is 1150. The summed E-state index contributed by atoms with van der Waals surface area (Å²) in [5.74, 6) is 1.42. The molecule has 0 atom stereocenters. The zero-order chi connectivity index (χ0) is 18.8. The van der Waals surface area contributed by atoms with Crippen molar-refractivity contribution >= 4 is 22.4 Å². The smallest absolute Gasteiger partial charge is 0.350 e. The fraction of sp³-hybridized carbons (Fsp3) is 0.143. The molecular formula is C21H18ClN3O2. The Morgan fingerprint density at radius 2 is 1.74 bits per heavy atom. The van der Waals surface area contributed by atoms with E-state index in [0.717, 1.165) is 11.1 Å². The summed E-state index contributed by atoms with van der Waals surface area (Å²) in [5, 5.41) is 7.25. The predicted molar refractivity (Wildman–Crippen MR) is 107 cm³/mol. The third kappa shape index (κ3) is 3.59. The lowest BCUT2D eigenvalue weighted by molar-refractivity contribution is 0.295. The van der Waals surface area contributed by atoms with E-state index in [4.69, 9.17) is 16.3 Å². The minimum Gasteiger partial charge on any atom is -0.492 e. The van der Waals surface area contributed by atoms with Gasteiger partial charge >= 0.3 is 5.69 Å². The molecule has 0 radical (unpaired) electrons. The van der Waals surface area contributed by atoms with Crippen LogP contribution >= 0.6 is 11.6 Å². The van der Waals surface area contributed by atoms with Gasteiger partial charge in [-0.2, -0.15) is 9.78 Å². The first-order valence-corrected chi connectivity index (χ1v) is 9.03. The van der Waals surface area contributed by atoms with Crippen LogP contribution in [0.4, 0.5) is 0 Å². The number of rotatable bonds is 5. The Hall–Kier alpha value is -3.05. The van der Waals surface area contributed by atoms with E-state index in [0.29, 0.717) is 29.7 Å². The predicted octanol–water partition coefficient (Wildman–Crippen LogP) is 4.23. The molecule has 0 aliphatic heterocycles. The highest BCUT2D eigenvalue weighted by molar-refractivity contribution is 6.30. The van der Waals surface area contributed by atoms with E-state index >= 15 is 0 Å². The molecule has 0 fully saturated rings. The number of hydrogen-bond acceptors (Lipinski definition) is 3. The number of aryl methyl sites for hydroxylation is 1. The van der Waals surface area contributed by atoms with Gasteiger partial charge in [0, 0.05) is 5.02 Å². The van der Waals surface area contributed by atoms with Crippen LogP contribution in [-0.2, 0) is 6.54 Å². The zero-order valence-electron chi connectivity index (χ0n) is 14.8. The van der Waals surface area contributed by atoms with Gasteiger partial charge in [0.2, 0.25) is 0 Å². The standard InChI is InChI=1S/C21H18ClN3O2/c1-15-23-25(19-9-7-18(22)8-10-19)21(26)24(15)12-13-27-20-11-6-16-4-2-3-5-17(16)14-20/h2-11,14H,12-13H2,1H3. The SMILES string of the molecule is Cc1nn(-c2ccc(Cl)cc2)c(=O)n1CCOc1ccc2ccccc2c1. The number of benzene rings is 3. The molecule has 4 rings (SSSR count). The molecule has 0 bridgehead atoms. The monoisotopic (exact) mass is 379 g/mol. The molecule has 1 heterocycles. The van der Waals surface area contributed by atoms with Gasteiger partial charge in [0.1, 0.15) is 18.2 Å². The molecule has 0 aliphatic carbocycles. The van der Waals surface area contributed by atoms with E-state index in [9.17, 15) is 4.79 Å². The largest absolute Gasteiger partial charge is 0.492 e. The lowest BCUT2D eigenvalue weighted by atomic mass is 10.1. The highest BCUT2D eigenvalue weighted by Crippen LogP contribution is 2.20. The molecule has 0 amide bonds. The van der Waals surface area contributed by atoms with Gasteiger partial charge in [-0.05, 0) is 54.1 Å². The molecule has 0 saturated carbocycles. The van der Waals surface area contributed by atoms with Crippen LogP contribution in [0.2, 0.25) is 5.02 Å². The van der Waals surface area contributed by atoms with Crippen LogP contribution in [0.1, 0.15) is 5.82 Å². The van der Waals surface area contributed by atoms with Crippen LogP contribution in [0.3, 0.4) is 0 Å². The second-order valence-corrected chi connectivity index (χ2v) is 6.66. The highest BCUT2D eigenvalue weighted by Gasteiger charge is 2.11. The first-order valence-electron chi connectivity index (χ1n) is 8.66. The fourth-order valence-electron chi connectivity index (χ4n) is 3.01.